The van der Waals surface area contributed by atoms with E-state index in [1.54, 1.807) is 0 Å². The van der Waals surface area contributed by atoms with Crippen molar-refractivity contribution in [2.45, 2.75) is 43.0 Å². The van der Waals surface area contributed by atoms with Crippen molar-refractivity contribution >= 4 is 29.4 Å². The average molecular weight is 439 g/mol. The zero-order valence-corrected chi connectivity index (χ0v) is 17.7. The van der Waals surface area contributed by atoms with Crippen LogP contribution in [0, 0.1) is 33.5 Å². The van der Waals surface area contributed by atoms with Crippen LogP contribution in [0.15, 0.2) is 29.3 Å². The van der Waals surface area contributed by atoms with Gasteiger partial charge in [0.25, 0.3) is 0 Å². The van der Waals surface area contributed by atoms with Gasteiger partial charge in [-0.05, 0) is 36.0 Å². The highest BCUT2D eigenvalue weighted by molar-refractivity contribution is 8.18. The fourth-order valence-corrected chi connectivity index (χ4v) is 7.54. The van der Waals surface area contributed by atoms with Gasteiger partial charge in [0.15, 0.2) is 4.20 Å². The lowest BCUT2D eigenvalue weighted by Crippen LogP contribution is -2.32. The number of rotatable bonds is 7. The minimum absolute atomic E-state index is 0.0317. The Labute approximate surface area is 176 Å². The Hall–Kier alpha value is -1.84. The number of halogens is 3. The van der Waals surface area contributed by atoms with Crippen LogP contribution < -0.4 is 5.73 Å². The third-order valence-corrected chi connectivity index (χ3v) is 9.05. The molecule has 9 heteroatoms. The number of hydrogen-bond acceptors (Lipinski definition) is 6. The summed E-state index contributed by atoms with van der Waals surface area (Å²) in [5.74, 6) is 0.308. The fourth-order valence-electron chi connectivity index (χ4n) is 4.31. The molecule has 1 aliphatic heterocycles. The van der Waals surface area contributed by atoms with Gasteiger partial charge in [0, 0.05) is 5.92 Å². The van der Waals surface area contributed by atoms with Crippen molar-refractivity contribution in [2.24, 2.45) is 21.6 Å². The van der Waals surface area contributed by atoms with E-state index in [9.17, 15) is 23.7 Å². The average Bonchev–Trinajstić information content (AvgIpc) is 3.28. The van der Waals surface area contributed by atoms with Gasteiger partial charge in [0.1, 0.15) is 16.7 Å². The van der Waals surface area contributed by atoms with Crippen LogP contribution in [0.2, 0.25) is 0 Å². The van der Waals surface area contributed by atoms with E-state index >= 15 is 0 Å². The van der Waals surface area contributed by atoms with E-state index < -0.39 is 32.7 Å². The standard InChI is InChI=1S/C20H21F3N4S2/c1-3-9-28-20(29-10-4-2)18(12-25)15(17(18,11-24)16(26)27-20)13-7-5-6-8-14(13)19(21,22)23/h5-8,15H,3-4,9-10H2,1-2H3,(H2,26,27). The molecule has 2 aliphatic rings. The van der Waals surface area contributed by atoms with Crippen molar-refractivity contribution in [3.8, 4) is 12.1 Å². The van der Waals surface area contributed by atoms with Crippen LogP contribution in [-0.4, -0.2) is 21.5 Å². The molecule has 1 aromatic carbocycles. The first-order valence-corrected chi connectivity index (χ1v) is 11.3. The van der Waals surface area contributed by atoms with Crippen molar-refractivity contribution < 1.29 is 13.2 Å². The summed E-state index contributed by atoms with van der Waals surface area (Å²) in [6, 6.07) is 9.53. The number of nitriles is 2. The van der Waals surface area contributed by atoms with Crippen LogP contribution in [0.1, 0.15) is 43.7 Å². The molecule has 0 spiro atoms. The summed E-state index contributed by atoms with van der Waals surface area (Å²) in [4.78, 5) is 4.57. The summed E-state index contributed by atoms with van der Waals surface area (Å²) in [7, 11) is 0. The normalized spacial score (nSPS) is 29.5. The molecule has 3 atom stereocenters. The third-order valence-electron chi connectivity index (χ3n) is 5.51. The van der Waals surface area contributed by atoms with E-state index in [0.29, 0.717) is 11.5 Å². The Kier molecular flexibility index (Phi) is 5.61. The number of nitrogens with two attached hydrogens (primary N) is 1. The molecule has 1 heterocycles. The van der Waals surface area contributed by atoms with Crippen LogP contribution in [0.4, 0.5) is 13.2 Å². The highest BCUT2D eigenvalue weighted by atomic mass is 32.2. The lowest BCUT2D eigenvalue weighted by atomic mass is 9.95. The molecule has 0 saturated heterocycles. The molecule has 1 saturated carbocycles. The number of thioether (sulfide) groups is 2. The van der Waals surface area contributed by atoms with Crippen LogP contribution >= 0.6 is 23.5 Å². The van der Waals surface area contributed by atoms with E-state index in [1.165, 1.54) is 41.7 Å². The molecular weight excluding hydrogens is 417 g/mol. The summed E-state index contributed by atoms with van der Waals surface area (Å²) in [6.07, 6.45) is -2.98. The molecule has 3 rings (SSSR count). The summed E-state index contributed by atoms with van der Waals surface area (Å²) in [5, 5.41) is 20.4. The Morgan fingerprint density at radius 1 is 1.10 bits per heavy atom. The van der Waals surface area contributed by atoms with E-state index in [0.717, 1.165) is 18.9 Å². The molecule has 0 amide bonds. The predicted octanol–water partition coefficient (Wildman–Crippen LogP) is 5.13. The molecule has 2 N–H and O–H groups in total. The maximum absolute atomic E-state index is 13.7. The van der Waals surface area contributed by atoms with Gasteiger partial charge in [-0.3, -0.25) is 0 Å². The van der Waals surface area contributed by atoms with Crippen molar-refractivity contribution in [2.75, 3.05) is 11.5 Å². The number of amidine groups is 1. The van der Waals surface area contributed by atoms with Crippen LogP contribution in [0.3, 0.4) is 0 Å². The summed E-state index contributed by atoms with van der Waals surface area (Å²) in [6.45, 7) is 3.96. The predicted molar refractivity (Wildman–Crippen MR) is 110 cm³/mol. The van der Waals surface area contributed by atoms with Crippen LogP contribution in [0.25, 0.3) is 0 Å². The summed E-state index contributed by atoms with van der Waals surface area (Å²) < 4.78 is 40.1. The molecule has 1 aliphatic carbocycles. The smallest absolute Gasteiger partial charge is 0.386 e. The zero-order chi connectivity index (χ0) is 21.5. The second-order valence-electron chi connectivity index (χ2n) is 7.13. The first-order valence-electron chi connectivity index (χ1n) is 9.34. The SMILES string of the molecule is CCCSC1(SCCC)N=C(N)C2(C#N)C(c3ccccc3C(F)(F)F)C12C#N. The number of aliphatic imine (C=N–C) groups is 1. The first-order chi connectivity index (χ1) is 13.7. The molecule has 1 aromatic rings. The number of hydrogen-bond donors (Lipinski definition) is 1. The monoisotopic (exact) mass is 438 g/mol. The van der Waals surface area contributed by atoms with Crippen molar-refractivity contribution in [1.29, 1.82) is 10.5 Å². The lowest BCUT2D eigenvalue weighted by molar-refractivity contribution is -0.138. The van der Waals surface area contributed by atoms with E-state index in [1.807, 2.05) is 13.8 Å². The van der Waals surface area contributed by atoms with Crippen molar-refractivity contribution in [1.82, 2.24) is 0 Å². The Morgan fingerprint density at radius 3 is 2.17 bits per heavy atom. The van der Waals surface area contributed by atoms with Crippen LogP contribution in [0.5, 0.6) is 0 Å². The molecular formula is C20H21F3N4S2. The van der Waals surface area contributed by atoms with Gasteiger partial charge in [-0.15, -0.1) is 23.5 Å². The topological polar surface area (TPSA) is 86.0 Å². The Morgan fingerprint density at radius 2 is 1.69 bits per heavy atom. The maximum Gasteiger partial charge on any atom is 0.416 e. The van der Waals surface area contributed by atoms with Gasteiger partial charge in [-0.25, -0.2) is 4.99 Å². The molecule has 4 nitrogen and oxygen atoms in total. The number of alkyl halides is 3. The van der Waals surface area contributed by atoms with E-state index in [-0.39, 0.29) is 11.4 Å². The molecule has 29 heavy (non-hydrogen) atoms. The largest absolute Gasteiger partial charge is 0.416 e. The van der Waals surface area contributed by atoms with Gasteiger partial charge < -0.3 is 5.73 Å². The first kappa shape index (κ1) is 21.9. The maximum atomic E-state index is 13.7. The van der Waals surface area contributed by atoms with E-state index in [2.05, 4.69) is 17.1 Å². The van der Waals surface area contributed by atoms with Gasteiger partial charge in [0.05, 0.1) is 17.7 Å². The number of fused-ring (bicyclic) bond motifs is 1. The van der Waals surface area contributed by atoms with Crippen LogP contribution in [-0.2, 0) is 6.18 Å². The van der Waals surface area contributed by atoms with Gasteiger partial charge in [-0.2, -0.15) is 23.7 Å². The quantitative estimate of drug-likeness (QED) is 0.596. The number of benzene rings is 1. The second-order valence-corrected chi connectivity index (χ2v) is 9.97. The van der Waals surface area contributed by atoms with Gasteiger partial charge in [-0.1, -0.05) is 32.0 Å². The molecule has 154 valence electrons. The molecule has 0 aromatic heterocycles. The fraction of sp³-hybridized carbons (Fsp3) is 0.550. The second kappa shape index (κ2) is 7.45. The van der Waals surface area contributed by atoms with Crippen molar-refractivity contribution in [3.05, 3.63) is 35.4 Å². The third kappa shape index (κ3) is 2.78. The van der Waals surface area contributed by atoms with Gasteiger partial charge in [0.2, 0.25) is 0 Å². The van der Waals surface area contributed by atoms with Gasteiger partial charge >= 0.3 is 6.18 Å². The lowest BCUT2D eigenvalue weighted by Gasteiger charge is -2.32. The van der Waals surface area contributed by atoms with Crippen molar-refractivity contribution in [3.63, 3.8) is 0 Å². The minimum Gasteiger partial charge on any atom is -0.386 e. The molecule has 3 unspecified atom stereocenters. The summed E-state index contributed by atoms with van der Waals surface area (Å²) in [5.41, 5.74) is 2.32. The Balaban J connectivity index is 2.24. The number of nitrogens with zero attached hydrogens (tertiary/aromatic N) is 3. The highest BCUT2D eigenvalue weighted by Gasteiger charge is 2.92. The molecule has 0 radical (unpaired) electrons. The zero-order valence-electron chi connectivity index (χ0n) is 16.1. The molecule has 1 fully saturated rings. The van der Waals surface area contributed by atoms with E-state index in [4.69, 9.17) is 5.73 Å². The minimum atomic E-state index is -4.59. The Bertz CT molecular complexity index is 910. The molecule has 0 bridgehead atoms. The highest BCUT2D eigenvalue weighted by Crippen LogP contribution is 2.85. The summed E-state index contributed by atoms with van der Waals surface area (Å²) >= 11 is 2.83.